The third-order valence-corrected chi connectivity index (χ3v) is 5.55. The Morgan fingerprint density at radius 1 is 1.35 bits per heavy atom. The van der Waals surface area contributed by atoms with Crippen LogP contribution in [0.3, 0.4) is 0 Å². The van der Waals surface area contributed by atoms with Crippen molar-refractivity contribution in [2.75, 3.05) is 7.11 Å². The summed E-state index contributed by atoms with van der Waals surface area (Å²) in [6.45, 7) is 0. The normalized spacial score (nSPS) is 23.6. The summed E-state index contributed by atoms with van der Waals surface area (Å²) in [7, 11) is -2.19. The average Bonchev–Trinajstić information content (AvgIpc) is 2.41. The summed E-state index contributed by atoms with van der Waals surface area (Å²) in [6, 6.07) is 4.56. The molecule has 1 aromatic carbocycles. The average molecular weight is 363 g/mol. The topological polar surface area (TPSA) is 81.4 Å². The van der Waals surface area contributed by atoms with Crippen LogP contribution in [0, 0.1) is 0 Å². The molecule has 20 heavy (non-hydrogen) atoms. The molecule has 1 saturated carbocycles. The van der Waals surface area contributed by atoms with Gasteiger partial charge in [-0.25, -0.2) is 13.1 Å². The Morgan fingerprint density at radius 3 is 2.70 bits per heavy atom. The van der Waals surface area contributed by atoms with Gasteiger partial charge in [-0.15, -0.1) is 0 Å². The first-order chi connectivity index (χ1) is 9.44. The monoisotopic (exact) mass is 362 g/mol. The fourth-order valence-electron chi connectivity index (χ4n) is 2.43. The Hall–Kier alpha value is -0.630. The van der Waals surface area contributed by atoms with E-state index in [1.165, 1.54) is 13.2 Å². The molecule has 0 heterocycles. The van der Waals surface area contributed by atoms with E-state index in [2.05, 4.69) is 20.7 Å². The highest BCUT2D eigenvalue weighted by Gasteiger charge is 2.28. The molecule has 7 heteroatoms. The molecule has 1 aromatic rings. The van der Waals surface area contributed by atoms with Crippen molar-refractivity contribution in [3.63, 3.8) is 0 Å². The number of benzene rings is 1. The minimum atomic E-state index is -3.64. The van der Waals surface area contributed by atoms with Crippen LogP contribution < -0.4 is 15.2 Å². The Morgan fingerprint density at radius 2 is 2.05 bits per heavy atom. The Bertz CT molecular complexity index is 577. The summed E-state index contributed by atoms with van der Waals surface area (Å²) < 4.78 is 33.5. The van der Waals surface area contributed by atoms with Gasteiger partial charge in [0.15, 0.2) is 0 Å². The highest BCUT2D eigenvalue weighted by Crippen LogP contribution is 2.28. The molecule has 0 bridgehead atoms. The van der Waals surface area contributed by atoms with Crippen LogP contribution >= 0.6 is 15.9 Å². The van der Waals surface area contributed by atoms with Gasteiger partial charge in [-0.2, -0.15) is 0 Å². The van der Waals surface area contributed by atoms with Gasteiger partial charge in [0, 0.05) is 16.6 Å². The third kappa shape index (κ3) is 3.52. The molecular formula is C13H19BrN2O3S. The predicted molar refractivity (Wildman–Crippen MR) is 81.2 cm³/mol. The molecule has 0 aliphatic heterocycles. The molecule has 0 amide bonds. The molecule has 0 spiro atoms. The zero-order valence-corrected chi connectivity index (χ0v) is 13.7. The van der Waals surface area contributed by atoms with Crippen LogP contribution in [0.4, 0.5) is 0 Å². The van der Waals surface area contributed by atoms with Crippen LogP contribution in [-0.2, 0) is 10.0 Å². The van der Waals surface area contributed by atoms with Crippen LogP contribution in [0.5, 0.6) is 5.75 Å². The minimum absolute atomic E-state index is 0.128. The van der Waals surface area contributed by atoms with Crippen molar-refractivity contribution in [3.05, 3.63) is 22.7 Å². The summed E-state index contributed by atoms with van der Waals surface area (Å²) >= 11 is 3.28. The lowest BCUT2D eigenvalue weighted by Gasteiger charge is -2.29. The van der Waals surface area contributed by atoms with Crippen molar-refractivity contribution in [2.45, 2.75) is 42.7 Å². The predicted octanol–water partition coefficient (Wildman–Crippen LogP) is 2.01. The molecule has 0 radical (unpaired) electrons. The molecule has 2 atom stereocenters. The standard InChI is InChI=1S/C13H19BrN2O3S/c1-19-12-7-6-9(14)8-13(12)20(17,18)16-11-5-3-2-4-10(11)15/h6-8,10-11,16H,2-5,15H2,1H3/t10-,11-/m1/s1. The maximum absolute atomic E-state index is 12.5. The van der Waals surface area contributed by atoms with Crippen LogP contribution in [0.15, 0.2) is 27.6 Å². The summed E-state index contributed by atoms with van der Waals surface area (Å²) in [6.07, 6.45) is 3.68. The van der Waals surface area contributed by atoms with E-state index in [1.807, 2.05) is 0 Å². The van der Waals surface area contributed by atoms with Gasteiger partial charge in [-0.05, 0) is 31.0 Å². The van der Waals surface area contributed by atoms with Crippen LogP contribution in [-0.4, -0.2) is 27.6 Å². The first-order valence-corrected chi connectivity index (χ1v) is 8.83. The van der Waals surface area contributed by atoms with Crippen molar-refractivity contribution in [2.24, 2.45) is 5.73 Å². The van der Waals surface area contributed by atoms with Gasteiger partial charge in [0.05, 0.1) is 7.11 Å². The van der Waals surface area contributed by atoms with Crippen molar-refractivity contribution in [1.82, 2.24) is 4.72 Å². The van der Waals surface area contributed by atoms with E-state index >= 15 is 0 Å². The quantitative estimate of drug-likeness (QED) is 0.858. The van der Waals surface area contributed by atoms with E-state index in [0.29, 0.717) is 10.2 Å². The molecule has 0 saturated heterocycles. The third-order valence-electron chi connectivity index (χ3n) is 3.54. The second-order valence-corrected chi connectivity index (χ2v) is 7.57. The number of hydrogen-bond donors (Lipinski definition) is 2. The van der Waals surface area contributed by atoms with Gasteiger partial charge >= 0.3 is 0 Å². The summed E-state index contributed by atoms with van der Waals surface area (Å²) in [5.41, 5.74) is 6.00. The van der Waals surface area contributed by atoms with E-state index < -0.39 is 10.0 Å². The molecule has 112 valence electrons. The van der Waals surface area contributed by atoms with Crippen molar-refractivity contribution >= 4 is 26.0 Å². The molecule has 1 aliphatic rings. The van der Waals surface area contributed by atoms with Crippen molar-refractivity contribution in [3.8, 4) is 5.75 Å². The van der Waals surface area contributed by atoms with Gasteiger partial charge in [-0.3, -0.25) is 0 Å². The number of halogens is 1. The van der Waals surface area contributed by atoms with Crippen LogP contribution in [0.2, 0.25) is 0 Å². The van der Waals surface area contributed by atoms with E-state index in [1.54, 1.807) is 12.1 Å². The number of nitrogens with one attached hydrogen (secondary N) is 1. The first-order valence-electron chi connectivity index (χ1n) is 6.55. The Labute approximate surface area is 128 Å². The van der Waals surface area contributed by atoms with Gasteiger partial charge in [-0.1, -0.05) is 28.8 Å². The zero-order chi connectivity index (χ0) is 14.8. The van der Waals surface area contributed by atoms with E-state index in [0.717, 1.165) is 25.7 Å². The summed E-state index contributed by atoms with van der Waals surface area (Å²) in [5, 5.41) is 0. The maximum atomic E-state index is 12.5. The van der Waals surface area contributed by atoms with Gasteiger partial charge in [0.1, 0.15) is 10.6 Å². The number of ether oxygens (including phenoxy) is 1. The lowest BCUT2D eigenvalue weighted by molar-refractivity contribution is 0.359. The molecular weight excluding hydrogens is 344 g/mol. The van der Waals surface area contributed by atoms with Gasteiger partial charge < -0.3 is 10.5 Å². The fourth-order valence-corrected chi connectivity index (χ4v) is 4.46. The number of rotatable bonds is 4. The van der Waals surface area contributed by atoms with Crippen molar-refractivity contribution in [1.29, 1.82) is 0 Å². The van der Waals surface area contributed by atoms with Gasteiger partial charge in [0.25, 0.3) is 0 Å². The zero-order valence-electron chi connectivity index (χ0n) is 11.3. The SMILES string of the molecule is COc1ccc(Br)cc1S(=O)(=O)N[C@@H]1CCCC[C@H]1N. The maximum Gasteiger partial charge on any atom is 0.244 e. The van der Waals surface area contributed by atoms with E-state index in [9.17, 15) is 8.42 Å². The van der Waals surface area contributed by atoms with Crippen LogP contribution in [0.1, 0.15) is 25.7 Å². The summed E-state index contributed by atoms with van der Waals surface area (Å²) in [4.78, 5) is 0.132. The second-order valence-electron chi connectivity index (χ2n) is 4.97. The van der Waals surface area contributed by atoms with Crippen molar-refractivity contribution < 1.29 is 13.2 Å². The lowest BCUT2D eigenvalue weighted by atomic mass is 9.92. The number of nitrogens with two attached hydrogens (primary N) is 1. The first kappa shape index (κ1) is 15.8. The molecule has 1 fully saturated rings. The molecule has 0 unspecified atom stereocenters. The number of hydrogen-bond acceptors (Lipinski definition) is 4. The molecule has 0 aromatic heterocycles. The van der Waals surface area contributed by atoms with Crippen LogP contribution in [0.25, 0.3) is 0 Å². The number of sulfonamides is 1. The van der Waals surface area contributed by atoms with E-state index in [-0.39, 0.29) is 17.0 Å². The highest BCUT2D eigenvalue weighted by atomic mass is 79.9. The minimum Gasteiger partial charge on any atom is -0.495 e. The Balaban J connectivity index is 2.28. The fraction of sp³-hybridized carbons (Fsp3) is 0.538. The second kappa shape index (κ2) is 6.43. The van der Waals surface area contributed by atoms with Gasteiger partial charge in [0.2, 0.25) is 10.0 Å². The Kier molecular flexibility index (Phi) is 5.06. The molecule has 3 N–H and O–H groups in total. The molecule has 5 nitrogen and oxygen atoms in total. The smallest absolute Gasteiger partial charge is 0.244 e. The largest absolute Gasteiger partial charge is 0.495 e. The highest BCUT2D eigenvalue weighted by molar-refractivity contribution is 9.10. The van der Waals surface area contributed by atoms with E-state index in [4.69, 9.17) is 10.5 Å². The summed E-state index contributed by atoms with van der Waals surface area (Å²) in [5.74, 6) is 0.324. The number of methoxy groups -OCH3 is 1. The molecule has 1 aliphatic carbocycles. The molecule has 2 rings (SSSR count). The lowest BCUT2D eigenvalue weighted by Crippen LogP contribution is -2.49.